The zero-order valence-corrected chi connectivity index (χ0v) is 11.8. The van der Waals surface area contributed by atoms with Crippen molar-refractivity contribution in [2.75, 3.05) is 0 Å². The minimum absolute atomic E-state index is 0.148. The van der Waals surface area contributed by atoms with Crippen LogP contribution in [0.1, 0.15) is 35.6 Å². The van der Waals surface area contributed by atoms with Gasteiger partial charge in [-0.05, 0) is 25.5 Å². The molecule has 0 aliphatic rings. The van der Waals surface area contributed by atoms with Gasteiger partial charge in [-0.1, -0.05) is 30.3 Å². The molecule has 106 valence electrons. The molecule has 2 aromatic heterocycles. The predicted molar refractivity (Wildman–Crippen MR) is 79.4 cm³/mol. The van der Waals surface area contributed by atoms with E-state index in [9.17, 15) is 4.79 Å². The second kappa shape index (κ2) is 4.70. The third kappa shape index (κ3) is 2.27. The standard InChI is InChI=1S/C16H15N3O2/c1-16(2,11-6-4-3-5-7-11)15-18-12-8-10(14(20)21)9-17-13(12)19-15/h3-9H,1-2H3,(H,20,21)(H,17,18,19). The fourth-order valence-corrected chi connectivity index (χ4v) is 2.30. The molecule has 0 unspecified atom stereocenters. The van der Waals surface area contributed by atoms with Crippen LogP contribution in [0, 0.1) is 0 Å². The molecule has 0 radical (unpaired) electrons. The van der Waals surface area contributed by atoms with Crippen molar-refractivity contribution < 1.29 is 9.90 Å². The number of hydrogen-bond acceptors (Lipinski definition) is 3. The number of hydrogen-bond donors (Lipinski definition) is 2. The molecule has 0 fully saturated rings. The maximum atomic E-state index is 11.0. The highest BCUT2D eigenvalue weighted by molar-refractivity contribution is 5.90. The normalized spacial score (nSPS) is 11.7. The summed E-state index contributed by atoms with van der Waals surface area (Å²) in [5, 5.41) is 9.01. The third-order valence-electron chi connectivity index (χ3n) is 3.67. The van der Waals surface area contributed by atoms with Crippen molar-refractivity contribution in [3.63, 3.8) is 0 Å². The van der Waals surface area contributed by atoms with Crippen LogP contribution in [-0.4, -0.2) is 26.0 Å². The molecular weight excluding hydrogens is 266 g/mol. The number of aromatic nitrogens is 3. The average Bonchev–Trinajstić information content (AvgIpc) is 2.91. The van der Waals surface area contributed by atoms with E-state index in [0.717, 1.165) is 11.4 Å². The lowest BCUT2D eigenvalue weighted by Gasteiger charge is -2.22. The number of H-pyrrole nitrogens is 1. The highest BCUT2D eigenvalue weighted by Crippen LogP contribution is 2.30. The fraction of sp³-hybridized carbons (Fsp3) is 0.188. The first-order chi connectivity index (χ1) is 9.98. The molecule has 2 heterocycles. The van der Waals surface area contributed by atoms with Gasteiger partial charge < -0.3 is 10.1 Å². The van der Waals surface area contributed by atoms with Crippen LogP contribution in [0.25, 0.3) is 11.2 Å². The molecule has 0 amide bonds. The van der Waals surface area contributed by atoms with Crippen molar-refractivity contribution in [2.24, 2.45) is 0 Å². The summed E-state index contributed by atoms with van der Waals surface area (Å²) in [6.07, 6.45) is 1.32. The Labute approximate surface area is 121 Å². The predicted octanol–water partition coefficient (Wildman–Crippen LogP) is 2.98. The minimum atomic E-state index is -0.997. The average molecular weight is 281 g/mol. The summed E-state index contributed by atoms with van der Waals surface area (Å²) in [5.74, 6) is -0.235. The lowest BCUT2D eigenvalue weighted by Crippen LogP contribution is -2.20. The van der Waals surface area contributed by atoms with Gasteiger partial charge >= 0.3 is 5.97 Å². The van der Waals surface area contributed by atoms with Gasteiger partial charge in [-0.25, -0.2) is 14.8 Å². The van der Waals surface area contributed by atoms with E-state index in [1.807, 2.05) is 30.3 Å². The van der Waals surface area contributed by atoms with Crippen molar-refractivity contribution in [1.82, 2.24) is 15.0 Å². The Morgan fingerprint density at radius 3 is 2.62 bits per heavy atom. The van der Waals surface area contributed by atoms with Gasteiger partial charge in [-0.3, -0.25) is 0 Å². The van der Waals surface area contributed by atoms with Crippen LogP contribution in [0.3, 0.4) is 0 Å². The molecule has 0 saturated heterocycles. The van der Waals surface area contributed by atoms with Crippen molar-refractivity contribution >= 4 is 17.1 Å². The molecule has 3 rings (SSSR count). The minimum Gasteiger partial charge on any atom is -0.478 e. The van der Waals surface area contributed by atoms with Crippen LogP contribution in [0.2, 0.25) is 0 Å². The molecule has 0 aliphatic heterocycles. The Kier molecular flexibility index (Phi) is 2.97. The van der Waals surface area contributed by atoms with Crippen molar-refractivity contribution in [3.8, 4) is 0 Å². The zero-order valence-electron chi connectivity index (χ0n) is 11.8. The number of aromatic amines is 1. The van der Waals surface area contributed by atoms with Gasteiger partial charge in [0.15, 0.2) is 5.65 Å². The van der Waals surface area contributed by atoms with Crippen molar-refractivity contribution in [3.05, 3.63) is 59.5 Å². The first kappa shape index (κ1) is 13.3. The van der Waals surface area contributed by atoms with Gasteiger partial charge in [0.2, 0.25) is 0 Å². The number of carboxylic acids is 1. The highest BCUT2D eigenvalue weighted by atomic mass is 16.4. The number of nitrogens with zero attached hydrogens (tertiary/aromatic N) is 2. The topological polar surface area (TPSA) is 78.9 Å². The largest absolute Gasteiger partial charge is 0.478 e. The summed E-state index contributed by atoms with van der Waals surface area (Å²) in [5.41, 5.74) is 2.12. The number of fused-ring (bicyclic) bond motifs is 1. The van der Waals surface area contributed by atoms with E-state index in [0.29, 0.717) is 11.2 Å². The number of nitrogens with one attached hydrogen (secondary N) is 1. The molecule has 5 heteroatoms. The van der Waals surface area contributed by atoms with E-state index in [1.54, 1.807) is 6.07 Å². The van der Waals surface area contributed by atoms with Gasteiger partial charge in [0.1, 0.15) is 5.82 Å². The number of aromatic carboxylic acids is 1. The summed E-state index contributed by atoms with van der Waals surface area (Å²) in [7, 11) is 0. The second-order valence-corrected chi connectivity index (χ2v) is 5.48. The Morgan fingerprint density at radius 1 is 1.24 bits per heavy atom. The molecule has 0 saturated carbocycles. The SMILES string of the molecule is CC(C)(c1ccccc1)c1nc2ncc(C(=O)O)cc2[nH]1. The Bertz CT molecular complexity index is 807. The van der Waals surface area contributed by atoms with E-state index < -0.39 is 5.97 Å². The van der Waals surface area contributed by atoms with Crippen LogP contribution in [0.15, 0.2) is 42.6 Å². The second-order valence-electron chi connectivity index (χ2n) is 5.48. The fourth-order valence-electron chi connectivity index (χ4n) is 2.30. The van der Waals surface area contributed by atoms with Crippen molar-refractivity contribution in [2.45, 2.75) is 19.3 Å². The summed E-state index contributed by atoms with van der Waals surface area (Å²) in [6, 6.07) is 11.6. The summed E-state index contributed by atoms with van der Waals surface area (Å²) >= 11 is 0. The first-order valence-corrected chi connectivity index (χ1v) is 6.63. The Morgan fingerprint density at radius 2 is 1.95 bits per heavy atom. The number of pyridine rings is 1. The smallest absolute Gasteiger partial charge is 0.337 e. The van der Waals surface area contributed by atoms with Crippen LogP contribution in [-0.2, 0) is 5.41 Å². The van der Waals surface area contributed by atoms with Gasteiger partial charge in [-0.15, -0.1) is 0 Å². The van der Waals surface area contributed by atoms with E-state index in [-0.39, 0.29) is 11.0 Å². The number of carbonyl (C=O) groups is 1. The highest BCUT2D eigenvalue weighted by Gasteiger charge is 2.27. The van der Waals surface area contributed by atoms with Crippen LogP contribution in [0.4, 0.5) is 0 Å². The number of rotatable bonds is 3. The number of benzene rings is 1. The molecule has 0 atom stereocenters. The van der Waals surface area contributed by atoms with Gasteiger partial charge in [0, 0.05) is 11.6 Å². The maximum absolute atomic E-state index is 11.0. The first-order valence-electron chi connectivity index (χ1n) is 6.63. The molecule has 21 heavy (non-hydrogen) atoms. The lowest BCUT2D eigenvalue weighted by molar-refractivity contribution is 0.0696. The molecule has 1 aromatic carbocycles. The van der Waals surface area contributed by atoms with E-state index in [1.165, 1.54) is 6.20 Å². The monoisotopic (exact) mass is 281 g/mol. The zero-order chi connectivity index (χ0) is 15.0. The summed E-state index contributed by atoms with van der Waals surface area (Å²) in [4.78, 5) is 22.8. The van der Waals surface area contributed by atoms with Crippen LogP contribution >= 0.6 is 0 Å². The lowest BCUT2D eigenvalue weighted by atomic mass is 9.84. The molecule has 5 nitrogen and oxygen atoms in total. The van der Waals surface area contributed by atoms with Gasteiger partial charge in [0.05, 0.1) is 11.1 Å². The van der Waals surface area contributed by atoms with Gasteiger partial charge in [0.25, 0.3) is 0 Å². The van der Waals surface area contributed by atoms with E-state index >= 15 is 0 Å². The third-order valence-corrected chi connectivity index (χ3v) is 3.67. The molecule has 0 aliphatic carbocycles. The number of imidazole rings is 1. The number of carboxylic acid groups (broad SMARTS) is 1. The quantitative estimate of drug-likeness (QED) is 0.773. The molecule has 3 aromatic rings. The van der Waals surface area contributed by atoms with E-state index in [4.69, 9.17) is 5.11 Å². The van der Waals surface area contributed by atoms with Gasteiger partial charge in [-0.2, -0.15) is 0 Å². The summed E-state index contributed by atoms with van der Waals surface area (Å²) in [6.45, 7) is 4.14. The summed E-state index contributed by atoms with van der Waals surface area (Å²) < 4.78 is 0. The Hall–Kier alpha value is -2.69. The maximum Gasteiger partial charge on any atom is 0.337 e. The Balaban J connectivity index is 2.10. The molecule has 0 bridgehead atoms. The molecular formula is C16H15N3O2. The molecule has 0 spiro atoms. The molecule has 2 N–H and O–H groups in total. The van der Waals surface area contributed by atoms with Crippen LogP contribution < -0.4 is 0 Å². The van der Waals surface area contributed by atoms with E-state index in [2.05, 4.69) is 28.8 Å². The van der Waals surface area contributed by atoms with Crippen molar-refractivity contribution in [1.29, 1.82) is 0 Å². The van der Waals surface area contributed by atoms with Crippen LogP contribution in [0.5, 0.6) is 0 Å².